The lowest BCUT2D eigenvalue weighted by molar-refractivity contribution is -0.0705. The highest BCUT2D eigenvalue weighted by atomic mass is 16.5. The lowest BCUT2D eigenvalue weighted by Gasteiger charge is -2.32. The summed E-state index contributed by atoms with van der Waals surface area (Å²) in [5.74, 6) is 0.529. The molecule has 0 aromatic carbocycles. The van der Waals surface area contributed by atoms with E-state index in [0.29, 0.717) is 12.2 Å². The van der Waals surface area contributed by atoms with Crippen molar-refractivity contribution in [2.45, 2.75) is 39.4 Å². The van der Waals surface area contributed by atoms with Gasteiger partial charge < -0.3 is 9.84 Å². The lowest BCUT2D eigenvalue weighted by atomic mass is 9.84. The van der Waals surface area contributed by atoms with Gasteiger partial charge in [0, 0.05) is 13.5 Å². The van der Waals surface area contributed by atoms with Crippen molar-refractivity contribution >= 4 is 0 Å². The molecule has 0 bridgehead atoms. The molecule has 2 unspecified atom stereocenters. The molecule has 1 N–H and O–H groups in total. The molecule has 1 heterocycles. The Bertz CT molecular complexity index is 332. The molecule has 1 rings (SSSR count). The smallest absolute Gasteiger partial charge is 0.177 e. The molecule has 0 spiro atoms. The highest BCUT2D eigenvalue weighted by Gasteiger charge is 2.32. The van der Waals surface area contributed by atoms with Crippen molar-refractivity contribution in [3.63, 3.8) is 0 Å². The van der Waals surface area contributed by atoms with E-state index in [0.717, 1.165) is 0 Å². The Morgan fingerprint density at radius 3 is 2.44 bits per heavy atom. The van der Waals surface area contributed by atoms with Gasteiger partial charge in [-0.15, -0.1) is 10.2 Å². The number of tetrazole rings is 1. The Morgan fingerprint density at radius 2 is 2.06 bits per heavy atom. The summed E-state index contributed by atoms with van der Waals surface area (Å²) < 4.78 is 5.32. The number of aliphatic hydroxyl groups excluding tert-OH is 1. The zero-order chi connectivity index (χ0) is 12.3. The molecule has 6 heteroatoms. The van der Waals surface area contributed by atoms with Crippen LogP contribution in [0.15, 0.2) is 0 Å². The van der Waals surface area contributed by atoms with E-state index >= 15 is 0 Å². The first kappa shape index (κ1) is 13.1. The van der Waals surface area contributed by atoms with E-state index < -0.39 is 6.10 Å². The molecule has 92 valence electrons. The van der Waals surface area contributed by atoms with Crippen molar-refractivity contribution in [1.82, 2.24) is 20.2 Å². The van der Waals surface area contributed by atoms with Crippen molar-refractivity contribution in [1.29, 1.82) is 0 Å². The van der Waals surface area contributed by atoms with E-state index in [9.17, 15) is 5.11 Å². The monoisotopic (exact) mass is 228 g/mol. The molecular formula is C10H20N4O2. The van der Waals surface area contributed by atoms with Crippen LogP contribution in [0.5, 0.6) is 0 Å². The van der Waals surface area contributed by atoms with E-state index in [4.69, 9.17) is 4.74 Å². The fourth-order valence-electron chi connectivity index (χ4n) is 1.79. The van der Waals surface area contributed by atoms with E-state index in [2.05, 4.69) is 15.4 Å². The summed E-state index contributed by atoms with van der Waals surface area (Å²) in [5, 5.41) is 21.7. The van der Waals surface area contributed by atoms with Crippen LogP contribution in [0.25, 0.3) is 0 Å². The van der Waals surface area contributed by atoms with Crippen LogP contribution in [0.1, 0.15) is 26.6 Å². The summed E-state index contributed by atoms with van der Waals surface area (Å²) in [7, 11) is 3.30. The minimum atomic E-state index is -0.630. The van der Waals surface area contributed by atoms with E-state index in [1.807, 2.05) is 20.8 Å². The zero-order valence-electron chi connectivity index (χ0n) is 10.5. The number of hydrogen-bond donors (Lipinski definition) is 1. The van der Waals surface area contributed by atoms with E-state index in [1.54, 1.807) is 14.2 Å². The Labute approximate surface area is 95.6 Å². The van der Waals surface area contributed by atoms with E-state index in [1.165, 1.54) is 4.80 Å². The number of nitrogens with zero attached hydrogens (tertiary/aromatic N) is 4. The van der Waals surface area contributed by atoms with Crippen LogP contribution in [0, 0.1) is 5.41 Å². The van der Waals surface area contributed by atoms with Crippen molar-refractivity contribution in [2.75, 3.05) is 7.11 Å². The summed E-state index contributed by atoms with van der Waals surface area (Å²) in [6, 6.07) is 0. The molecule has 0 saturated heterocycles. The minimum Gasteiger partial charge on any atom is -0.390 e. The van der Waals surface area contributed by atoms with Crippen LogP contribution in [-0.4, -0.2) is 44.6 Å². The molecule has 0 aliphatic carbocycles. The Morgan fingerprint density at radius 1 is 1.44 bits per heavy atom. The second-order valence-electron chi connectivity index (χ2n) is 4.99. The lowest BCUT2D eigenvalue weighted by Crippen LogP contribution is -2.40. The van der Waals surface area contributed by atoms with Crippen LogP contribution in [0.2, 0.25) is 0 Å². The summed E-state index contributed by atoms with van der Waals surface area (Å²) in [6.45, 7) is 6.07. The first-order chi connectivity index (χ1) is 7.34. The highest BCUT2D eigenvalue weighted by Crippen LogP contribution is 2.25. The van der Waals surface area contributed by atoms with Gasteiger partial charge in [-0.2, -0.15) is 4.80 Å². The number of aliphatic hydroxyl groups is 1. The number of hydrogen-bond acceptors (Lipinski definition) is 5. The van der Waals surface area contributed by atoms with Gasteiger partial charge in [0.25, 0.3) is 0 Å². The van der Waals surface area contributed by atoms with Crippen molar-refractivity contribution in [3.05, 3.63) is 5.82 Å². The van der Waals surface area contributed by atoms with Gasteiger partial charge in [-0.25, -0.2) is 0 Å². The topological polar surface area (TPSA) is 73.1 Å². The normalized spacial score (nSPS) is 16.1. The molecule has 1 aromatic rings. The number of ether oxygens (including phenoxy) is 1. The molecule has 6 nitrogen and oxygen atoms in total. The third-order valence-corrected chi connectivity index (χ3v) is 2.40. The van der Waals surface area contributed by atoms with Gasteiger partial charge in [-0.05, 0) is 10.6 Å². The summed E-state index contributed by atoms with van der Waals surface area (Å²) in [5.41, 5.74) is -0.129. The predicted octanol–water partition coefficient (Wildman–Crippen LogP) is 0.175. The van der Waals surface area contributed by atoms with Gasteiger partial charge in [-0.1, -0.05) is 20.8 Å². The average molecular weight is 228 g/mol. The summed E-state index contributed by atoms with van der Waals surface area (Å²) in [6.07, 6.45) is -0.533. The van der Waals surface area contributed by atoms with Crippen LogP contribution in [0.3, 0.4) is 0 Å². The Balaban J connectivity index is 2.66. The first-order valence-corrected chi connectivity index (χ1v) is 5.28. The molecule has 0 amide bonds. The van der Waals surface area contributed by atoms with Gasteiger partial charge in [0.15, 0.2) is 5.82 Å². The van der Waals surface area contributed by atoms with Crippen molar-refractivity contribution in [3.8, 4) is 0 Å². The number of rotatable bonds is 4. The quantitative estimate of drug-likeness (QED) is 0.795. The molecular weight excluding hydrogens is 208 g/mol. The molecule has 1 aromatic heterocycles. The molecule has 2 atom stereocenters. The SMILES string of the molecule is COC(C(O)Cc1nnn(C)n1)C(C)(C)C. The van der Waals surface area contributed by atoms with Crippen molar-refractivity contribution in [2.24, 2.45) is 12.5 Å². The van der Waals surface area contributed by atoms with Crippen LogP contribution in [0.4, 0.5) is 0 Å². The fourth-order valence-corrected chi connectivity index (χ4v) is 1.79. The van der Waals surface area contributed by atoms with Gasteiger partial charge in [0.05, 0.1) is 19.3 Å². The zero-order valence-corrected chi connectivity index (χ0v) is 10.5. The molecule has 16 heavy (non-hydrogen) atoms. The predicted molar refractivity (Wildman–Crippen MR) is 58.8 cm³/mol. The number of aryl methyl sites for hydroxylation is 1. The third kappa shape index (κ3) is 3.24. The van der Waals surface area contributed by atoms with Crippen LogP contribution >= 0.6 is 0 Å². The van der Waals surface area contributed by atoms with Crippen molar-refractivity contribution < 1.29 is 9.84 Å². The van der Waals surface area contributed by atoms with Crippen LogP contribution in [-0.2, 0) is 18.2 Å². The minimum absolute atomic E-state index is 0.129. The standard InChI is InChI=1S/C10H20N4O2/c1-10(2,3)9(16-5)7(15)6-8-11-13-14(4)12-8/h7,9,15H,6H2,1-5H3. The second kappa shape index (κ2) is 4.88. The Kier molecular flexibility index (Phi) is 3.98. The average Bonchev–Trinajstić information content (AvgIpc) is 2.49. The van der Waals surface area contributed by atoms with Gasteiger partial charge in [0.2, 0.25) is 0 Å². The highest BCUT2D eigenvalue weighted by molar-refractivity contribution is 4.89. The maximum absolute atomic E-state index is 10.1. The van der Waals surface area contributed by atoms with Crippen LogP contribution < -0.4 is 0 Å². The first-order valence-electron chi connectivity index (χ1n) is 5.28. The molecule has 0 aliphatic heterocycles. The third-order valence-electron chi connectivity index (χ3n) is 2.40. The molecule has 0 radical (unpaired) electrons. The summed E-state index contributed by atoms with van der Waals surface area (Å²) >= 11 is 0. The Hall–Kier alpha value is -1.01. The van der Waals surface area contributed by atoms with E-state index in [-0.39, 0.29) is 11.5 Å². The fraction of sp³-hybridized carbons (Fsp3) is 0.900. The largest absolute Gasteiger partial charge is 0.390 e. The second-order valence-corrected chi connectivity index (χ2v) is 4.99. The molecule has 0 saturated carbocycles. The summed E-state index contributed by atoms with van der Waals surface area (Å²) in [4.78, 5) is 1.38. The molecule has 0 aliphatic rings. The van der Waals surface area contributed by atoms with Gasteiger partial charge in [-0.3, -0.25) is 0 Å². The number of methoxy groups -OCH3 is 1. The molecule has 0 fully saturated rings. The maximum Gasteiger partial charge on any atom is 0.177 e. The van der Waals surface area contributed by atoms with Gasteiger partial charge in [0.1, 0.15) is 0 Å². The maximum atomic E-state index is 10.1. The van der Waals surface area contributed by atoms with Gasteiger partial charge >= 0.3 is 0 Å². The number of aromatic nitrogens is 4.